The number of nitrogens with zero attached hydrogens (tertiary/aromatic N) is 3. The third-order valence-electron chi connectivity index (χ3n) is 7.30. The molecule has 0 saturated carbocycles. The zero-order valence-corrected chi connectivity index (χ0v) is 24.9. The molecule has 5 nitrogen and oxygen atoms in total. The first-order valence-corrected chi connectivity index (χ1v) is 15.8. The predicted octanol–water partition coefficient (Wildman–Crippen LogP) is 7.37. The van der Waals surface area contributed by atoms with Crippen molar-refractivity contribution in [2.75, 3.05) is 31.5 Å². The van der Waals surface area contributed by atoms with Gasteiger partial charge in [0.2, 0.25) is 0 Å². The van der Waals surface area contributed by atoms with Gasteiger partial charge in [-0.1, -0.05) is 66.2 Å². The van der Waals surface area contributed by atoms with Gasteiger partial charge in [-0.2, -0.15) is 5.01 Å². The second-order valence-corrected chi connectivity index (χ2v) is 13.8. The summed E-state index contributed by atoms with van der Waals surface area (Å²) >= 11 is 8.39. The molecule has 0 bridgehead atoms. The normalized spacial score (nSPS) is 14.7. The van der Waals surface area contributed by atoms with Gasteiger partial charge in [0.25, 0.3) is 0 Å². The fourth-order valence-electron chi connectivity index (χ4n) is 4.74. The molecule has 202 valence electrons. The van der Waals surface area contributed by atoms with Gasteiger partial charge in [0.05, 0.1) is 32.8 Å². The van der Waals surface area contributed by atoms with E-state index in [4.69, 9.17) is 11.6 Å². The molecule has 0 radical (unpaired) electrons. The Bertz CT molecular complexity index is 1610. The number of hydrogen-bond acceptors (Lipinski definition) is 6. The summed E-state index contributed by atoms with van der Waals surface area (Å²) in [6.45, 7) is 5.89. The van der Waals surface area contributed by atoms with Crippen molar-refractivity contribution < 1.29 is 8.42 Å². The quantitative estimate of drug-likeness (QED) is 0.219. The summed E-state index contributed by atoms with van der Waals surface area (Å²) in [4.78, 5) is 4.76. The van der Waals surface area contributed by atoms with Gasteiger partial charge in [-0.3, -0.25) is 9.91 Å². The highest BCUT2D eigenvalue weighted by atomic mass is 35.5. The average molecular weight is 578 g/mol. The summed E-state index contributed by atoms with van der Waals surface area (Å²) in [7, 11) is -1.14. The molecular weight excluding hydrogens is 546 g/mol. The van der Waals surface area contributed by atoms with Crippen LogP contribution in [0.15, 0.2) is 102 Å². The van der Waals surface area contributed by atoms with Gasteiger partial charge in [-0.15, -0.1) is 11.3 Å². The van der Waals surface area contributed by atoms with Gasteiger partial charge in [0.15, 0.2) is 9.84 Å². The highest BCUT2D eigenvalue weighted by Gasteiger charge is 2.33. The van der Waals surface area contributed by atoms with Crippen molar-refractivity contribution in [2.24, 2.45) is 0 Å². The molecule has 0 saturated heterocycles. The topological polar surface area (TPSA) is 43.9 Å². The molecule has 0 amide bonds. The highest BCUT2D eigenvalue weighted by molar-refractivity contribution is 7.90. The van der Waals surface area contributed by atoms with E-state index in [1.165, 1.54) is 11.8 Å². The summed E-state index contributed by atoms with van der Waals surface area (Å²) in [6, 6.07) is 29.7. The third-order valence-corrected chi connectivity index (χ3v) is 9.89. The summed E-state index contributed by atoms with van der Waals surface area (Å²) in [5.74, 6) is 0. The van der Waals surface area contributed by atoms with Crippen molar-refractivity contribution in [1.82, 2.24) is 9.91 Å². The second kappa shape index (κ2) is 10.9. The Labute approximate surface area is 240 Å². The van der Waals surface area contributed by atoms with Crippen LogP contribution < -0.4 is 5.01 Å². The zero-order valence-electron chi connectivity index (χ0n) is 22.5. The monoisotopic (exact) mass is 577 g/mol. The second-order valence-electron chi connectivity index (χ2n) is 10.3. The molecule has 0 atom stereocenters. The van der Waals surface area contributed by atoms with Gasteiger partial charge < -0.3 is 0 Å². The largest absolute Gasteiger partial charge is 0.283 e. The predicted molar refractivity (Wildman–Crippen MR) is 164 cm³/mol. The zero-order chi connectivity index (χ0) is 27.8. The van der Waals surface area contributed by atoms with Crippen LogP contribution >= 0.6 is 22.9 Å². The van der Waals surface area contributed by atoms with Crippen LogP contribution in [0.25, 0.3) is 16.1 Å². The molecule has 1 aliphatic heterocycles. The molecular formula is C31H32ClN3O2S2. The Morgan fingerprint density at radius 3 is 2.33 bits per heavy atom. The minimum absolute atomic E-state index is 0.184. The number of halogens is 1. The fourth-order valence-corrected chi connectivity index (χ4v) is 6.65. The van der Waals surface area contributed by atoms with Crippen LogP contribution in [0.4, 0.5) is 5.69 Å². The van der Waals surface area contributed by atoms with Crippen LogP contribution in [0, 0.1) is 0 Å². The van der Waals surface area contributed by atoms with Crippen molar-refractivity contribution >= 4 is 44.2 Å². The molecule has 0 spiro atoms. The number of hydrazine groups is 1. The molecule has 8 heteroatoms. The third kappa shape index (κ3) is 5.69. The van der Waals surface area contributed by atoms with Crippen molar-refractivity contribution in [3.63, 3.8) is 0 Å². The minimum atomic E-state index is -3.28. The van der Waals surface area contributed by atoms with E-state index in [1.807, 2.05) is 36.4 Å². The Balaban J connectivity index is 1.47. The molecule has 1 aromatic heterocycles. The number of sulfone groups is 1. The number of rotatable bonds is 8. The molecule has 2 heterocycles. The van der Waals surface area contributed by atoms with Crippen LogP contribution in [0.3, 0.4) is 0 Å². The smallest absolute Gasteiger partial charge is 0.175 e. The SMILES string of the molecule is CN(CN1CC=C(c2ccc(-c3cccc(S(C)(=O)=O)c3)s2)N1c1ccccc1Cl)C(C)(C)c1ccccc1. The molecule has 0 N–H and O–H groups in total. The molecule has 3 aromatic carbocycles. The van der Waals surface area contributed by atoms with Crippen molar-refractivity contribution in [2.45, 2.75) is 24.3 Å². The summed E-state index contributed by atoms with van der Waals surface area (Å²) in [5, 5.41) is 5.19. The molecule has 0 fully saturated rings. The Morgan fingerprint density at radius 2 is 1.62 bits per heavy atom. The van der Waals surface area contributed by atoms with Crippen LogP contribution in [-0.2, 0) is 15.4 Å². The number of thiophene rings is 1. The standard InChI is InChI=1S/C31H32ClN3O2S2/c1-31(2,24-12-6-5-7-13-24)33(3)22-34-20-19-28(35(34)27-16-9-8-15-26(27)32)30-18-17-29(38-30)23-11-10-14-25(21-23)39(4,36)37/h5-19,21H,20,22H2,1-4H3. The fraction of sp³-hybridized carbons (Fsp3) is 0.226. The van der Waals surface area contributed by atoms with Gasteiger partial charge in [0.1, 0.15) is 0 Å². The number of hydrogen-bond donors (Lipinski definition) is 0. The summed E-state index contributed by atoms with van der Waals surface area (Å²) in [6.07, 6.45) is 3.47. The highest BCUT2D eigenvalue weighted by Crippen LogP contribution is 2.41. The van der Waals surface area contributed by atoms with Crippen LogP contribution in [0.1, 0.15) is 24.3 Å². The van der Waals surface area contributed by atoms with Crippen LogP contribution in [0.5, 0.6) is 0 Å². The van der Waals surface area contributed by atoms with E-state index >= 15 is 0 Å². The lowest BCUT2D eigenvalue weighted by Gasteiger charge is -2.41. The Hall–Kier alpha value is -2.94. The maximum absolute atomic E-state index is 12.1. The lowest BCUT2D eigenvalue weighted by molar-refractivity contribution is 0.0802. The van der Waals surface area contributed by atoms with E-state index in [0.29, 0.717) is 16.6 Å². The first-order chi connectivity index (χ1) is 18.6. The molecule has 0 aliphatic carbocycles. The maximum atomic E-state index is 12.1. The van der Waals surface area contributed by atoms with Crippen molar-refractivity contribution in [3.05, 3.63) is 113 Å². The minimum Gasteiger partial charge on any atom is -0.283 e. The molecule has 4 aromatic rings. The Kier molecular flexibility index (Phi) is 7.73. The lowest BCUT2D eigenvalue weighted by atomic mass is 9.93. The molecule has 0 unspecified atom stereocenters. The van der Waals surface area contributed by atoms with Crippen LogP contribution in [-0.4, -0.2) is 44.8 Å². The van der Waals surface area contributed by atoms with E-state index in [0.717, 1.165) is 33.2 Å². The molecule has 39 heavy (non-hydrogen) atoms. The van der Waals surface area contributed by atoms with E-state index in [-0.39, 0.29) is 5.54 Å². The number of anilines is 1. The van der Waals surface area contributed by atoms with Gasteiger partial charge >= 0.3 is 0 Å². The summed E-state index contributed by atoms with van der Waals surface area (Å²) in [5.41, 5.74) is 3.94. The van der Waals surface area contributed by atoms with Crippen molar-refractivity contribution in [3.8, 4) is 10.4 Å². The summed E-state index contributed by atoms with van der Waals surface area (Å²) < 4.78 is 24.2. The van der Waals surface area contributed by atoms with Crippen molar-refractivity contribution in [1.29, 1.82) is 0 Å². The molecule has 5 rings (SSSR count). The number of benzene rings is 3. The van der Waals surface area contributed by atoms with Gasteiger partial charge in [-0.25, -0.2) is 8.42 Å². The van der Waals surface area contributed by atoms with E-state index in [1.54, 1.807) is 29.5 Å². The Morgan fingerprint density at radius 1 is 0.923 bits per heavy atom. The van der Waals surface area contributed by atoms with Gasteiger partial charge in [-0.05, 0) is 74.5 Å². The van der Waals surface area contributed by atoms with E-state index < -0.39 is 9.84 Å². The van der Waals surface area contributed by atoms with Gasteiger partial charge in [0, 0.05) is 23.2 Å². The van der Waals surface area contributed by atoms with Crippen LogP contribution in [0.2, 0.25) is 5.02 Å². The van der Waals surface area contributed by atoms with E-state index in [2.05, 4.69) is 78.3 Å². The average Bonchev–Trinajstić information content (AvgIpc) is 3.57. The molecule has 1 aliphatic rings. The van der Waals surface area contributed by atoms with E-state index in [9.17, 15) is 8.42 Å². The first kappa shape index (κ1) is 27.6. The lowest BCUT2D eigenvalue weighted by Crippen LogP contribution is -2.49. The first-order valence-electron chi connectivity index (χ1n) is 12.7. The number of para-hydroxylation sites is 1. The maximum Gasteiger partial charge on any atom is 0.175 e.